The van der Waals surface area contributed by atoms with Crippen molar-refractivity contribution in [2.45, 2.75) is 0 Å². The van der Waals surface area contributed by atoms with E-state index in [1.807, 2.05) is 0 Å². The van der Waals surface area contributed by atoms with Gasteiger partial charge in [-0.3, -0.25) is 4.48 Å². The van der Waals surface area contributed by atoms with Crippen LogP contribution in [-0.4, -0.2) is 33.7 Å². The van der Waals surface area contributed by atoms with Gasteiger partial charge in [0, 0.05) is 38.5 Å². The topological polar surface area (TPSA) is 68.5 Å². The first-order valence-electron chi connectivity index (χ1n) is 13.4. The third-order valence-corrected chi connectivity index (χ3v) is 7.90. The normalized spacial score (nSPS) is 14.1. The van der Waals surface area contributed by atoms with Gasteiger partial charge in [0.25, 0.3) is 0 Å². The van der Waals surface area contributed by atoms with Crippen LogP contribution in [0.25, 0.3) is 21.5 Å². The first kappa shape index (κ1) is 25.6. The monoisotopic (exact) mass is 608 g/mol. The molecule has 14 heteroatoms. The second kappa shape index (κ2) is 8.83. The SMILES string of the molecule is Fc1cc2c(cc1F)C1=Nc3c4cc(F)c(F)cc4c4n3B(Oc3ccccc3)n3c(c5cc(F)c(F)cc5c3=N4)=C=NC2=N1. The molecule has 0 amide bonds. The van der Waals surface area contributed by atoms with Crippen molar-refractivity contribution in [2.24, 2.45) is 20.0 Å². The van der Waals surface area contributed by atoms with Crippen LogP contribution in [0.1, 0.15) is 11.1 Å². The van der Waals surface area contributed by atoms with Gasteiger partial charge in [-0.1, -0.05) is 18.2 Å². The van der Waals surface area contributed by atoms with Crippen LogP contribution in [0.2, 0.25) is 0 Å². The fourth-order valence-corrected chi connectivity index (χ4v) is 5.91. The predicted octanol–water partition coefficient (Wildman–Crippen LogP) is 5.35. The lowest BCUT2D eigenvalue weighted by Gasteiger charge is -2.23. The molecular formula is C31H11BF6N6O. The molecule has 2 aromatic heterocycles. The third kappa shape index (κ3) is 3.51. The van der Waals surface area contributed by atoms with Crippen LogP contribution in [0.15, 0.2) is 86.7 Å². The maximum Gasteiger partial charge on any atom is 0.632 e. The van der Waals surface area contributed by atoms with Crippen LogP contribution in [0.5, 0.6) is 5.75 Å². The fraction of sp³-hybridized carbons (Fsp3) is 0. The summed E-state index contributed by atoms with van der Waals surface area (Å²) in [6.07, 6.45) is 0. The number of hydrogen-bond donors (Lipinski definition) is 0. The highest BCUT2D eigenvalue weighted by atomic mass is 19.2. The van der Waals surface area contributed by atoms with Crippen LogP contribution < -0.4 is 15.5 Å². The van der Waals surface area contributed by atoms with Crippen molar-refractivity contribution in [1.29, 1.82) is 0 Å². The summed E-state index contributed by atoms with van der Waals surface area (Å²) in [4.78, 5) is 18.1. The average molecular weight is 608 g/mol. The van der Waals surface area contributed by atoms with E-state index in [9.17, 15) is 26.3 Å². The van der Waals surface area contributed by atoms with E-state index in [1.54, 1.807) is 30.3 Å². The van der Waals surface area contributed by atoms with Gasteiger partial charge in [-0.15, -0.1) is 0 Å². The lowest BCUT2D eigenvalue weighted by atomic mass is 9.98. The largest absolute Gasteiger partial charge is 0.632 e. The van der Waals surface area contributed by atoms with Gasteiger partial charge in [0.05, 0.1) is 0 Å². The lowest BCUT2D eigenvalue weighted by molar-refractivity contribution is 0.508. The average Bonchev–Trinajstić information content (AvgIpc) is 3.60. The second-order valence-corrected chi connectivity index (χ2v) is 10.5. The zero-order valence-corrected chi connectivity index (χ0v) is 22.3. The van der Waals surface area contributed by atoms with Gasteiger partial charge < -0.3 is 9.13 Å². The summed E-state index contributed by atoms with van der Waals surface area (Å²) in [7, 11) is -1.27. The molecule has 6 aromatic rings. The predicted molar refractivity (Wildman–Crippen MR) is 153 cm³/mol. The third-order valence-electron chi connectivity index (χ3n) is 7.90. The number of halogens is 6. The van der Waals surface area contributed by atoms with E-state index in [0.29, 0.717) is 5.75 Å². The van der Waals surface area contributed by atoms with Crippen molar-refractivity contribution in [1.82, 2.24) is 8.96 Å². The highest BCUT2D eigenvalue weighted by Crippen LogP contribution is 2.42. The minimum absolute atomic E-state index is 0.0205. The number of hydrogen-bond acceptors (Lipinski definition) is 5. The van der Waals surface area contributed by atoms with Crippen LogP contribution >= 0.6 is 0 Å². The van der Waals surface area contributed by atoms with Crippen molar-refractivity contribution >= 4 is 57.9 Å². The number of fused-ring (bicyclic) bond motifs is 10. The molecule has 0 fully saturated rings. The van der Waals surface area contributed by atoms with Gasteiger partial charge in [0.2, 0.25) is 0 Å². The Kier molecular flexibility index (Phi) is 5.03. The van der Waals surface area contributed by atoms with Crippen LogP contribution in [0.4, 0.5) is 38.0 Å². The van der Waals surface area contributed by atoms with E-state index in [-0.39, 0.29) is 66.8 Å². The van der Waals surface area contributed by atoms with Gasteiger partial charge in [0.15, 0.2) is 46.6 Å². The number of nitrogens with zero attached hydrogens (tertiary/aromatic N) is 6. The summed E-state index contributed by atoms with van der Waals surface area (Å²) in [6.45, 7) is 0. The second-order valence-electron chi connectivity index (χ2n) is 10.5. The zero-order valence-electron chi connectivity index (χ0n) is 22.3. The van der Waals surface area contributed by atoms with E-state index in [2.05, 4.69) is 20.8 Å². The summed E-state index contributed by atoms with van der Waals surface area (Å²) in [5, 5.41) is 0.546. The summed E-state index contributed by atoms with van der Waals surface area (Å²) < 4.78 is 97.2. The Balaban J connectivity index is 1.53. The summed E-state index contributed by atoms with van der Waals surface area (Å²) in [5.41, 5.74) is 0.237. The Labute approximate surface area is 247 Å². The maximum atomic E-state index is 14.8. The van der Waals surface area contributed by atoms with Crippen molar-refractivity contribution in [3.63, 3.8) is 0 Å². The van der Waals surface area contributed by atoms with Gasteiger partial charge in [-0.05, 0) is 48.5 Å². The number of aliphatic imine (C=N–C) groups is 3. The Morgan fingerprint density at radius 3 is 1.80 bits per heavy atom. The van der Waals surface area contributed by atoms with Crippen LogP contribution in [0, 0.1) is 34.9 Å². The van der Waals surface area contributed by atoms with E-state index >= 15 is 0 Å². The molecule has 7 nitrogen and oxygen atoms in total. The minimum atomic E-state index is -1.27. The number of rotatable bonds is 2. The molecule has 9 rings (SSSR count). The Hall–Kier alpha value is -5.88. The smallest absolute Gasteiger partial charge is 0.523 e. The highest BCUT2D eigenvalue weighted by Gasteiger charge is 2.40. The number of benzene rings is 4. The molecule has 3 aliphatic rings. The molecule has 0 unspecified atom stereocenters. The number of aromatic nitrogens is 2. The number of amidine groups is 2. The molecule has 0 spiro atoms. The zero-order chi connectivity index (χ0) is 30.7. The van der Waals surface area contributed by atoms with Gasteiger partial charge in [-0.2, -0.15) is 4.99 Å². The molecule has 0 aliphatic carbocycles. The molecule has 45 heavy (non-hydrogen) atoms. The lowest BCUT2D eigenvalue weighted by Crippen LogP contribution is -2.52. The fourth-order valence-electron chi connectivity index (χ4n) is 5.91. The molecule has 0 radical (unpaired) electrons. The first-order valence-corrected chi connectivity index (χ1v) is 13.4. The molecule has 5 heterocycles. The van der Waals surface area contributed by atoms with E-state index in [4.69, 9.17) is 9.65 Å². The van der Waals surface area contributed by atoms with Crippen molar-refractivity contribution < 1.29 is 31.0 Å². The van der Waals surface area contributed by atoms with E-state index < -0.39 is 42.1 Å². The van der Waals surface area contributed by atoms with Crippen LogP contribution in [0.3, 0.4) is 0 Å². The van der Waals surface area contributed by atoms with Gasteiger partial charge in [-0.25, -0.2) is 41.3 Å². The van der Waals surface area contributed by atoms with Gasteiger partial charge >= 0.3 is 7.19 Å². The van der Waals surface area contributed by atoms with E-state index in [1.165, 1.54) is 8.96 Å². The van der Waals surface area contributed by atoms with Crippen LogP contribution in [-0.2, 0) is 0 Å². The molecular weight excluding hydrogens is 597 g/mol. The van der Waals surface area contributed by atoms with Crippen molar-refractivity contribution in [2.75, 3.05) is 0 Å². The molecule has 216 valence electrons. The molecule has 4 bridgehead atoms. The highest BCUT2D eigenvalue weighted by molar-refractivity contribution is 6.52. The van der Waals surface area contributed by atoms with E-state index in [0.717, 1.165) is 36.4 Å². The van der Waals surface area contributed by atoms with Crippen molar-refractivity contribution in [3.8, 4) is 5.75 Å². The number of para-hydroxylation sites is 1. The summed E-state index contributed by atoms with van der Waals surface area (Å²) in [5.74, 6) is -4.00. The summed E-state index contributed by atoms with van der Waals surface area (Å²) >= 11 is 0. The van der Waals surface area contributed by atoms with Gasteiger partial charge in [0.1, 0.15) is 28.2 Å². The molecule has 0 atom stereocenters. The molecule has 4 aromatic carbocycles. The first-order chi connectivity index (χ1) is 21.8. The molecule has 0 N–H and O–H groups in total. The Morgan fingerprint density at radius 2 is 1.13 bits per heavy atom. The Morgan fingerprint density at radius 1 is 0.578 bits per heavy atom. The van der Waals surface area contributed by atoms with Crippen molar-refractivity contribution in [3.05, 3.63) is 124 Å². The Bertz CT molecular complexity index is 2590. The molecule has 0 saturated heterocycles. The quantitative estimate of drug-likeness (QED) is 0.193. The summed E-state index contributed by atoms with van der Waals surface area (Å²) in [6, 6.07) is 14.1. The molecule has 0 saturated carbocycles. The minimum Gasteiger partial charge on any atom is -0.523 e. The standard InChI is InChI=1S/C31H11BF6N6O/c33-20-6-14-17(9-23(20)36)30-42-31-19-11-25(38)24(37)10-18(19)29-41-28-16-8-22(35)21(34)7-15(16)27(40-28)39-12-26(14)43(30)32(44(29)31)45-13-4-2-1-3-5-13/h1-11H. The maximum absolute atomic E-state index is 14.8. The molecule has 3 aliphatic heterocycles.